The molecule has 0 bridgehead atoms. The number of carbonyl (C=O) groups excluding carboxylic acids is 1. The fraction of sp³-hybridized carbons (Fsp3) is 0.316. The van der Waals surface area contributed by atoms with Crippen LogP contribution in [0.4, 0.5) is 11.4 Å². The number of benzene rings is 2. The Morgan fingerprint density at radius 2 is 1.69 bits per heavy atom. The van der Waals surface area contributed by atoms with Crippen molar-refractivity contribution in [2.24, 2.45) is 0 Å². The minimum absolute atomic E-state index is 0.0332. The fourth-order valence-corrected chi connectivity index (χ4v) is 3.56. The zero-order valence-corrected chi connectivity index (χ0v) is 16.9. The van der Waals surface area contributed by atoms with Crippen molar-refractivity contribution < 1.29 is 13.2 Å². The molecule has 0 aliphatic rings. The van der Waals surface area contributed by atoms with E-state index in [9.17, 15) is 13.2 Å². The summed E-state index contributed by atoms with van der Waals surface area (Å²) in [6.45, 7) is 5.82. The number of anilines is 2. The van der Waals surface area contributed by atoms with E-state index in [-0.39, 0.29) is 18.9 Å². The molecule has 0 aliphatic heterocycles. The first-order chi connectivity index (χ1) is 12.1. The maximum absolute atomic E-state index is 12.2. The minimum Gasteiger partial charge on any atom is -0.326 e. The van der Waals surface area contributed by atoms with Gasteiger partial charge >= 0.3 is 0 Å². The smallest absolute Gasteiger partial charge is 0.232 e. The van der Waals surface area contributed by atoms with Gasteiger partial charge in [-0.3, -0.25) is 9.10 Å². The Morgan fingerprint density at radius 3 is 2.27 bits per heavy atom. The van der Waals surface area contributed by atoms with Gasteiger partial charge in [-0.25, -0.2) is 8.42 Å². The van der Waals surface area contributed by atoms with Crippen LogP contribution >= 0.6 is 11.6 Å². The Hall–Kier alpha value is -2.05. The van der Waals surface area contributed by atoms with Gasteiger partial charge in [0.1, 0.15) is 0 Å². The molecule has 2 aromatic carbocycles. The van der Waals surface area contributed by atoms with Crippen LogP contribution in [0, 0.1) is 20.8 Å². The first kappa shape index (κ1) is 20.3. The molecule has 0 fully saturated rings. The molecule has 0 aliphatic carbocycles. The molecule has 7 heteroatoms. The van der Waals surface area contributed by atoms with Gasteiger partial charge in [-0.15, -0.1) is 0 Å². The molecule has 0 radical (unpaired) electrons. The van der Waals surface area contributed by atoms with Gasteiger partial charge in [-0.1, -0.05) is 23.7 Å². The van der Waals surface area contributed by atoms with Crippen molar-refractivity contribution in [1.29, 1.82) is 0 Å². The number of rotatable bonds is 6. The summed E-state index contributed by atoms with van der Waals surface area (Å²) in [5, 5.41) is 3.31. The highest BCUT2D eigenvalue weighted by molar-refractivity contribution is 7.92. The molecule has 0 heterocycles. The van der Waals surface area contributed by atoms with E-state index in [1.807, 2.05) is 39.0 Å². The van der Waals surface area contributed by atoms with Gasteiger partial charge in [0.15, 0.2) is 0 Å². The van der Waals surface area contributed by atoms with Crippen LogP contribution in [0.3, 0.4) is 0 Å². The molecule has 0 spiro atoms. The average Bonchev–Trinajstić information content (AvgIpc) is 2.53. The summed E-state index contributed by atoms with van der Waals surface area (Å²) in [5.74, 6) is -0.276. The highest BCUT2D eigenvalue weighted by Crippen LogP contribution is 2.22. The third kappa shape index (κ3) is 5.22. The fourth-order valence-electron chi connectivity index (χ4n) is 2.46. The maximum Gasteiger partial charge on any atom is 0.232 e. The zero-order chi connectivity index (χ0) is 19.5. The van der Waals surface area contributed by atoms with Gasteiger partial charge < -0.3 is 5.32 Å². The van der Waals surface area contributed by atoms with E-state index in [2.05, 4.69) is 5.32 Å². The van der Waals surface area contributed by atoms with E-state index in [0.29, 0.717) is 16.4 Å². The van der Waals surface area contributed by atoms with Gasteiger partial charge in [-0.05, 0) is 61.7 Å². The van der Waals surface area contributed by atoms with Crippen molar-refractivity contribution in [3.63, 3.8) is 0 Å². The van der Waals surface area contributed by atoms with Crippen LogP contribution in [0.2, 0.25) is 5.02 Å². The summed E-state index contributed by atoms with van der Waals surface area (Å²) in [6, 6.07) is 10.7. The molecule has 0 aromatic heterocycles. The number of hydrogen-bond donors (Lipinski definition) is 1. The van der Waals surface area contributed by atoms with Crippen LogP contribution in [0.1, 0.15) is 23.1 Å². The normalized spacial score (nSPS) is 11.3. The monoisotopic (exact) mass is 394 g/mol. The molecule has 0 saturated heterocycles. The molecule has 0 unspecified atom stereocenters. The molecule has 5 nitrogen and oxygen atoms in total. The lowest BCUT2D eigenvalue weighted by Crippen LogP contribution is -2.33. The van der Waals surface area contributed by atoms with Crippen molar-refractivity contribution in [2.75, 3.05) is 22.4 Å². The molecule has 0 saturated carbocycles. The standard InChI is InChI=1S/C19H23ClN2O3S/c1-13-6-8-17(11-15(13)3)22(26(4,24)25)10-9-19(23)21-16-7-5-14(2)18(20)12-16/h5-8,11-12H,9-10H2,1-4H3,(H,21,23). The van der Waals surface area contributed by atoms with Crippen LogP contribution in [-0.2, 0) is 14.8 Å². The molecular weight excluding hydrogens is 372 g/mol. The summed E-state index contributed by atoms with van der Waals surface area (Å²) in [7, 11) is -3.50. The molecule has 0 atom stereocenters. The van der Waals surface area contributed by atoms with Crippen LogP contribution in [0.5, 0.6) is 0 Å². The van der Waals surface area contributed by atoms with Crippen molar-refractivity contribution in [3.05, 3.63) is 58.1 Å². The third-order valence-corrected chi connectivity index (χ3v) is 5.78. The van der Waals surface area contributed by atoms with Crippen LogP contribution in [0.25, 0.3) is 0 Å². The van der Waals surface area contributed by atoms with Gasteiger partial charge in [0.05, 0.1) is 11.9 Å². The van der Waals surface area contributed by atoms with Crippen LogP contribution in [-0.4, -0.2) is 27.1 Å². The predicted octanol–water partition coefficient (Wildman–Crippen LogP) is 4.06. The maximum atomic E-state index is 12.2. The van der Waals surface area contributed by atoms with E-state index in [0.717, 1.165) is 22.9 Å². The van der Waals surface area contributed by atoms with Gasteiger partial charge in [0.25, 0.3) is 0 Å². The van der Waals surface area contributed by atoms with E-state index in [4.69, 9.17) is 11.6 Å². The second-order valence-electron chi connectivity index (χ2n) is 6.37. The third-order valence-electron chi connectivity index (χ3n) is 4.18. The van der Waals surface area contributed by atoms with E-state index < -0.39 is 10.0 Å². The zero-order valence-electron chi connectivity index (χ0n) is 15.3. The number of halogens is 1. The average molecular weight is 395 g/mol. The predicted molar refractivity (Wildman–Crippen MR) is 108 cm³/mol. The van der Waals surface area contributed by atoms with Gasteiger partial charge in [0, 0.05) is 23.7 Å². The Labute approximate surface area is 160 Å². The number of nitrogens with one attached hydrogen (secondary N) is 1. The minimum atomic E-state index is -3.50. The molecule has 1 amide bonds. The summed E-state index contributed by atoms with van der Waals surface area (Å²) in [6.07, 6.45) is 1.17. The highest BCUT2D eigenvalue weighted by Gasteiger charge is 2.19. The first-order valence-electron chi connectivity index (χ1n) is 8.19. The first-order valence-corrected chi connectivity index (χ1v) is 10.4. The Balaban J connectivity index is 2.10. The second kappa shape index (κ2) is 8.10. The van der Waals surface area contributed by atoms with E-state index in [1.165, 1.54) is 4.31 Å². The van der Waals surface area contributed by atoms with E-state index in [1.54, 1.807) is 18.2 Å². The number of amides is 1. The lowest BCUT2D eigenvalue weighted by Gasteiger charge is -2.23. The molecule has 2 rings (SSSR count). The number of hydrogen-bond acceptors (Lipinski definition) is 3. The van der Waals surface area contributed by atoms with Crippen molar-refractivity contribution >= 4 is 38.9 Å². The molecule has 140 valence electrons. The number of sulfonamides is 1. The van der Waals surface area contributed by atoms with Crippen molar-refractivity contribution in [3.8, 4) is 0 Å². The summed E-state index contributed by atoms with van der Waals surface area (Å²) in [5.41, 5.74) is 4.14. The molecule has 1 N–H and O–H groups in total. The number of carbonyl (C=O) groups is 1. The summed E-state index contributed by atoms with van der Waals surface area (Å²) in [4.78, 5) is 12.2. The molecule has 26 heavy (non-hydrogen) atoms. The topological polar surface area (TPSA) is 66.5 Å². The highest BCUT2D eigenvalue weighted by atomic mass is 35.5. The Bertz CT molecular complexity index is 926. The second-order valence-corrected chi connectivity index (χ2v) is 8.68. The van der Waals surface area contributed by atoms with Crippen LogP contribution < -0.4 is 9.62 Å². The molecule has 2 aromatic rings. The SMILES string of the molecule is Cc1ccc(N(CCC(=O)Nc2ccc(C)c(Cl)c2)S(C)(=O)=O)cc1C. The van der Waals surface area contributed by atoms with Crippen molar-refractivity contribution in [2.45, 2.75) is 27.2 Å². The van der Waals surface area contributed by atoms with E-state index >= 15 is 0 Å². The Morgan fingerprint density at radius 1 is 1.04 bits per heavy atom. The quantitative estimate of drug-likeness (QED) is 0.803. The largest absolute Gasteiger partial charge is 0.326 e. The lowest BCUT2D eigenvalue weighted by molar-refractivity contribution is -0.116. The summed E-state index contributed by atoms with van der Waals surface area (Å²) < 4.78 is 25.6. The number of nitrogens with zero attached hydrogens (tertiary/aromatic N) is 1. The molecular formula is C19H23ClN2O3S. The summed E-state index contributed by atoms with van der Waals surface area (Å²) >= 11 is 6.05. The Kier molecular flexibility index (Phi) is 6.31. The lowest BCUT2D eigenvalue weighted by atomic mass is 10.1. The number of aryl methyl sites for hydroxylation is 3. The van der Waals surface area contributed by atoms with Crippen molar-refractivity contribution in [1.82, 2.24) is 0 Å². The van der Waals surface area contributed by atoms with Gasteiger partial charge in [0.2, 0.25) is 15.9 Å². The van der Waals surface area contributed by atoms with Crippen LogP contribution in [0.15, 0.2) is 36.4 Å². The van der Waals surface area contributed by atoms with Gasteiger partial charge in [-0.2, -0.15) is 0 Å².